The molecule has 8 heteroatoms. The molecule has 1 fully saturated rings. The highest BCUT2D eigenvalue weighted by molar-refractivity contribution is 5.94. The molecule has 1 amide bonds. The van der Waals surface area contributed by atoms with Gasteiger partial charge in [-0.2, -0.15) is 0 Å². The van der Waals surface area contributed by atoms with E-state index in [1.807, 2.05) is 0 Å². The monoisotopic (exact) mass is 374 g/mol. The molecule has 0 aliphatic carbocycles. The predicted molar refractivity (Wildman–Crippen MR) is 96.5 cm³/mol. The lowest BCUT2D eigenvalue weighted by Gasteiger charge is -2.40. The van der Waals surface area contributed by atoms with E-state index in [-0.39, 0.29) is 36.6 Å². The van der Waals surface area contributed by atoms with Crippen molar-refractivity contribution in [2.24, 2.45) is 5.73 Å². The summed E-state index contributed by atoms with van der Waals surface area (Å²) >= 11 is 0. The summed E-state index contributed by atoms with van der Waals surface area (Å²) in [5.41, 5.74) is 5.98. The molecular formula is C17H27ClN2O5. The van der Waals surface area contributed by atoms with Crippen molar-refractivity contribution in [2.75, 3.05) is 47.6 Å². The fraction of sp³-hybridized carbons (Fsp3) is 0.588. The van der Waals surface area contributed by atoms with Crippen LogP contribution >= 0.6 is 12.4 Å². The van der Waals surface area contributed by atoms with Crippen LogP contribution in [0.1, 0.15) is 10.4 Å². The minimum Gasteiger partial charge on any atom is -0.492 e. The first kappa shape index (κ1) is 21.7. The lowest BCUT2D eigenvalue weighted by atomic mass is 10.0. The second kappa shape index (κ2) is 10.6. The van der Waals surface area contributed by atoms with E-state index in [9.17, 15) is 4.79 Å². The lowest BCUT2D eigenvalue weighted by molar-refractivity contribution is -0.147. The standard InChI is InChI=1S/C17H26N2O5.ClH/c1-19(14-10-23-11-15(21-2)16(14)22-3)17(20)12-5-4-6-13(9-12)24-8-7-18;/h4-6,9,14-16H,7-8,10-11,18H2,1-3H3;1H/t14-,15-,16+;/m1./s1. The van der Waals surface area contributed by atoms with Gasteiger partial charge < -0.3 is 29.6 Å². The summed E-state index contributed by atoms with van der Waals surface area (Å²) in [6.45, 7) is 1.69. The van der Waals surface area contributed by atoms with Crippen LogP contribution in [0.25, 0.3) is 0 Å². The molecule has 0 radical (unpaired) electrons. The molecule has 0 unspecified atom stereocenters. The maximum absolute atomic E-state index is 12.8. The summed E-state index contributed by atoms with van der Waals surface area (Å²) in [5, 5.41) is 0. The molecule has 2 rings (SSSR count). The number of methoxy groups -OCH3 is 2. The number of hydrogen-bond acceptors (Lipinski definition) is 6. The molecule has 3 atom stereocenters. The fourth-order valence-electron chi connectivity index (χ4n) is 2.84. The largest absolute Gasteiger partial charge is 0.492 e. The van der Waals surface area contributed by atoms with Gasteiger partial charge in [-0.1, -0.05) is 6.07 Å². The van der Waals surface area contributed by atoms with E-state index in [1.165, 1.54) is 0 Å². The highest BCUT2D eigenvalue weighted by Gasteiger charge is 2.38. The van der Waals surface area contributed by atoms with Gasteiger partial charge in [0, 0.05) is 33.4 Å². The van der Waals surface area contributed by atoms with Gasteiger partial charge in [-0.05, 0) is 18.2 Å². The minimum absolute atomic E-state index is 0. The number of likely N-dealkylation sites (N-methyl/N-ethyl adjacent to an activating group) is 1. The molecule has 7 nitrogen and oxygen atoms in total. The first-order valence-electron chi connectivity index (χ1n) is 7.95. The molecule has 0 aromatic heterocycles. The van der Waals surface area contributed by atoms with Crippen LogP contribution in [0.4, 0.5) is 0 Å². The van der Waals surface area contributed by atoms with Crippen LogP contribution in [-0.4, -0.2) is 76.7 Å². The van der Waals surface area contributed by atoms with E-state index in [4.69, 9.17) is 24.7 Å². The Kier molecular flexibility index (Phi) is 9.16. The number of rotatable bonds is 7. The van der Waals surface area contributed by atoms with Crippen LogP contribution in [0.3, 0.4) is 0 Å². The molecule has 2 N–H and O–H groups in total. The minimum atomic E-state index is -0.241. The van der Waals surface area contributed by atoms with Gasteiger partial charge in [-0.15, -0.1) is 12.4 Å². The van der Waals surface area contributed by atoms with E-state index in [0.717, 1.165) is 0 Å². The molecule has 25 heavy (non-hydrogen) atoms. The predicted octanol–water partition coefficient (Wildman–Crippen LogP) is 0.947. The van der Waals surface area contributed by atoms with E-state index in [1.54, 1.807) is 50.4 Å². The van der Waals surface area contributed by atoms with E-state index in [0.29, 0.717) is 37.7 Å². The number of carbonyl (C=O) groups is 1. The van der Waals surface area contributed by atoms with E-state index < -0.39 is 0 Å². The molecule has 0 saturated carbocycles. The number of carbonyl (C=O) groups excluding carboxylic acids is 1. The molecule has 1 aliphatic rings. The summed E-state index contributed by atoms with van der Waals surface area (Å²) < 4.78 is 22.0. The Morgan fingerprint density at radius 1 is 1.32 bits per heavy atom. The van der Waals surface area contributed by atoms with Gasteiger partial charge in [-0.25, -0.2) is 0 Å². The quantitative estimate of drug-likeness (QED) is 0.765. The van der Waals surface area contributed by atoms with Crippen LogP contribution in [0.2, 0.25) is 0 Å². The fourth-order valence-corrected chi connectivity index (χ4v) is 2.84. The Morgan fingerprint density at radius 3 is 2.72 bits per heavy atom. The molecule has 142 valence electrons. The Morgan fingerprint density at radius 2 is 2.08 bits per heavy atom. The number of nitrogens with two attached hydrogens (primary N) is 1. The Hall–Kier alpha value is -1.38. The molecule has 1 heterocycles. The number of ether oxygens (including phenoxy) is 4. The third-order valence-corrected chi connectivity index (χ3v) is 4.18. The lowest BCUT2D eigenvalue weighted by Crippen LogP contribution is -2.57. The van der Waals surface area contributed by atoms with Crippen LogP contribution in [0.15, 0.2) is 24.3 Å². The average molecular weight is 375 g/mol. The summed E-state index contributed by atoms with van der Waals surface area (Å²) in [6.07, 6.45) is -0.447. The number of hydrogen-bond donors (Lipinski definition) is 1. The molecule has 0 bridgehead atoms. The smallest absolute Gasteiger partial charge is 0.254 e. The average Bonchev–Trinajstić information content (AvgIpc) is 2.64. The zero-order chi connectivity index (χ0) is 17.5. The van der Waals surface area contributed by atoms with Gasteiger partial charge in [0.05, 0.1) is 19.3 Å². The third kappa shape index (κ3) is 5.29. The van der Waals surface area contributed by atoms with Crippen molar-refractivity contribution in [2.45, 2.75) is 18.2 Å². The van der Waals surface area contributed by atoms with Crippen molar-refractivity contribution in [3.05, 3.63) is 29.8 Å². The summed E-state index contributed by atoms with van der Waals surface area (Å²) in [4.78, 5) is 14.5. The van der Waals surface area contributed by atoms with Gasteiger partial charge >= 0.3 is 0 Å². The SMILES string of the molecule is CO[C@H]1[C@H](N(C)C(=O)c2cccc(OCCN)c2)COC[C@H]1OC.Cl. The first-order chi connectivity index (χ1) is 11.6. The Bertz CT molecular complexity index is 546. The first-order valence-corrected chi connectivity index (χ1v) is 7.95. The Labute approximate surface area is 154 Å². The van der Waals surface area contributed by atoms with Gasteiger partial charge in [0.1, 0.15) is 24.6 Å². The molecule has 1 aliphatic heterocycles. The van der Waals surface area contributed by atoms with E-state index in [2.05, 4.69) is 0 Å². The van der Waals surface area contributed by atoms with Gasteiger partial charge in [0.15, 0.2) is 0 Å². The second-order valence-corrected chi connectivity index (χ2v) is 5.66. The molecule has 1 aromatic carbocycles. The number of benzene rings is 1. The van der Waals surface area contributed by atoms with Gasteiger partial charge in [-0.3, -0.25) is 4.79 Å². The van der Waals surface area contributed by atoms with Crippen molar-refractivity contribution >= 4 is 18.3 Å². The van der Waals surface area contributed by atoms with Gasteiger partial charge in [0.25, 0.3) is 5.91 Å². The van der Waals surface area contributed by atoms with Gasteiger partial charge in [0.2, 0.25) is 0 Å². The number of halogens is 1. The van der Waals surface area contributed by atoms with E-state index >= 15 is 0 Å². The van der Waals surface area contributed by atoms with Crippen molar-refractivity contribution in [3.8, 4) is 5.75 Å². The van der Waals surface area contributed by atoms with Crippen molar-refractivity contribution in [3.63, 3.8) is 0 Å². The van der Waals surface area contributed by atoms with Crippen molar-refractivity contribution in [1.29, 1.82) is 0 Å². The molecule has 0 spiro atoms. The maximum atomic E-state index is 12.8. The topological polar surface area (TPSA) is 83.2 Å². The Balaban J connectivity index is 0.00000312. The zero-order valence-corrected chi connectivity index (χ0v) is 15.7. The van der Waals surface area contributed by atoms with Crippen LogP contribution in [-0.2, 0) is 14.2 Å². The zero-order valence-electron chi connectivity index (χ0n) is 14.8. The van der Waals surface area contributed by atoms with Crippen LogP contribution in [0.5, 0.6) is 5.75 Å². The van der Waals surface area contributed by atoms with Crippen molar-refractivity contribution < 1.29 is 23.7 Å². The number of amides is 1. The molecule has 1 saturated heterocycles. The summed E-state index contributed by atoms with van der Waals surface area (Å²) in [5.74, 6) is 0.498. The summed E-state index contributed by atoms with van der Waals surface area (Å²) in [7, 11) is 4.98. The number of nitrogens with zero attached hydrogens (tertiary/aromatic N) is 1. The van der Waals surface area contributed by atoms with Crippen molar-refractivity contribution in [1.82, 2.24) is 4.90 Å². The molecule has 1 aromatic rings. The normalized spacial score (nSPS) is 22.8. The summed E-state index contributed by atoms with van der Waals surface area (Å²) in [6, 6.07) is 6.83. The highest BCUT2D eigenvalue weighted by Crippen LogP contribution is 2.21. The van der Waals surface area contributed by atoms with Crippen LogP contribution < -0.4 is 10.5 Å². The highest BCUT2D eigenvalue weighted by atomic mass is 35.5. The molecular weight excluding hydrogens is 348 g/mol. The maximum Gasteiger partial charge on any atom is 0.254 e. The third-order valence-electron chi connectivity index (χ3n) is 4.18. The second-order valence-electron chi connectivity index (χ2n) is 5.66. The van der Waals surface area contributed by atoms with Crippen LogP contribution in [0, 0.1) is 0 Å².